The van der Waals surface area contributed by atoms with Crippen LogP contribution in [0.15, 0.2) is 60.0 Å². The summed E-state index contributed by atoms with van der Waals surface area (Å²) in [5.41, 5.74) is 9.05. The van der Waals surface area contributed by atoms with Gasteiger partial charge in [-0.05, 0) is 57.8 Å². The average molecular weight is 506 g/mol. The molecule has 10 heteroatoms. The first kappa shape index (κ1) is 25.1. The van der Waals surface area contributed by atoms with Crippen LogP contribution in [0.5, 0.6) is 0 Å². The van der Waals surface area contributed by atoms with Gasteiger partial charge in [0.05, 0.1) is 17.1 Å². The van der Waals surface area contributed by atoms with Crippen molar-refractivity contribution in [3.8, 4) is 10.4 Å². The lowest BCUT2D eigenvalue weighted by Crippen LogP contribution is -2.14. The van der Waals surface area contributed by atoms with Crippen LogP contribution in [-0.2, 0) is 18.9 Å². The topological polar surface area (TPSA) is 116 Å². The molecule has 0 saturated carbocycles. The van der Waals surface area contributed by atoms with E-state index in [9.17, 15) is 17.8 Å². The standard InChI is InChI=1S/C23H25N2O5PS2/c1-3-33(28,29)14-12-21(30-31(2)27)16-6-8-17(9-7-16)23(26)25-20-15-18(10-11-19(20)24)22-5-4-13-32-22/h4-11,13,15,21H,3,12,14,24H2,1-2H3/p+1. The molecule has 0 saturated heterocycles. The number of rotatable bonds is 10. The van der Waals surface area contributed by atoms with Gasteiger partial charge in [0.15, 0.2) is 6.66 Å². The summed E-state index contributed by atoms with van der Waals surface area (Å²) < 4.78 is 40.9. The highest BCUT2D eigenvalue weighted by molar-refractivity contribution is 7.91. The minimum absolute atomic E-state index is 0.0356. The van der Waals surface area contributed by atoms with Gasteiger partial charge in [0.2, 0.25) is 0 Å². The van der Waals surface area contributed by atoms with Gasteiger partial charge in [-0.1, -0.05) is 31.2 Å². The van der Waals surface area contributed by atoms with Crippen molar-refractivity contribution in [1.82, 2.24) is 0 Å². The van der Waals surface area contributed by atoms with Crippen LogP contribution in [0.4, 0.5) is 11.4 Å². The number of nitrogens with one attached hydrogen (secondary N) is 1. The highest BCUT2D eigenvalue weighted by Gasteiger charge is 2.24. The molecule has 174 valence electrons. The van der Waals surface area contributed by atoms with Crippen molar-refractivity contribution in [3.63, 3.8) is 0 Å². The molecule has 1 heterocycles. The maximum Gasteiger partial charge on any atom is 0.505 e. The number of carbonyl (C=O) groups is 1. The Hall–Kier alpha value is -2.58. The summed E-state index contributed by atoms with van der Waals surface area (Å²) >= 11 is 1.60. The summed E-state index contributed by atoms with van der Waals surface area (Å²) in [5, 5.41) is 4.83. The predicted octanol–water partition coefficient (Wildman–Crippen LogP) is 5.50. The number of nitrogens with two attached hydrogens (primary N) is 1. The van der Waals surface area contributed by atoms with Crippen LogP contribution in [0.25, 0.3) is 10.4 Å². The molecular formula is C23H26N2O5PS2+. The lowest BCUT2D eigenvalue weighted by atomic mass is 10.0. The molecule has 1 aromatic heterocycles. The van der Waals surface area contributed by atoms with Crippen LogP contribution in [0.1, 0.15) is 35.4 Å². The average Bonchev–Trinajstić information content (AvgIpc) is 3.33. The molecule has 7 nitrogen and oxygen atoms in total. The second-order valence-electron chi connectivity index (χ2n) is 7.41. The summed E-state index contributed by atoms with van der Waals surface area (Å²) in [6.07, 6.45) is -0.460. The second kappa shape index (κ2) is 11.0. The fourth-order valence-electron chi connectivity index (χ4n) is 3.19. The minimum atomic E-state index is -3.19. The Labute approximate surface area is 198 Å². The largest absolute Gasteiger partial charge is 0.505 e. The number of amides is 1. The van der Waals surface area contributed by atoms with Gasteiger partial charge in [-0.3, -0.25) is 4.79 Å². The number of nitrogen functional groups attached to an aromatic ring is 1. The number of hydrogen-bond acceptors (Lipinski definition) is 7. The monoisotopic (exact) mass is 505 g/mol. The Morgan fingerprint density at radius 3 is 2.52 bits per heavy atom. The Morgan fingerprint density at radius 2 is 1.91 bits per heavy atom. The fourth-order valence-corrected chi connectivity index (χ4v) is 5.37. The van der Waals surface area contributed by atoms with E-state index in [4.69, 9.17) is 10.3 Å². The second-order valence-corrected chi connectivity index (χ2v) is 11.9. The van der Waals surface area contributed by atoms with Gasteiger partial charge in [0, 0.05) is 16.2 Å². The van der Waals surface area contributed by atoms with E-state index in [1.54, 1.807) is 48.6 Å². The molecule has 3 aromatic rings. The van der Waals surface area contributed by atoms with Gasteiger partial charge >= 0.3 is 8.03 Å². The van der Waals surface area contributed by atoms with E-state index in [2.05, 4.69) is 5.32 Å². The van der Waals surface area contributed by atoms with Crippen molar-refractivity contribution in [2.24, 2.45) is 0 Å². The molecule has 0 bridgehead atoms. The molecule has 3 N–H and O–H groups in total. The van der Waals surface area contributed by atoms with E-state index in [-0.39, 0.29) is 23.8 Å². The molecule has 2 atom stereocenters. The molecule has 33 heavy (non-hydrogen) atoms. The summed E-state index contributed by atoms with van der Waals surface area (Å²) in [6, 6.07) is 16.1. The van der Waals surface area contributed by atoms with E-state index >= 15 is 0 Å². The zero-order valence-corrected chi connectivity index (χ0v) is 20.9. The molecule has 2 unspecified atom stereocenters. The van der Waals surface area contributed by atoms with E-state index in [0.29, 0.717) is 22.5 Å². The molecule has 1 amide bonds. The van der Waals surface area contributed by atoms with Gasteiger partial charge in [-0.15, -0.1) is 15.9 Å². The van der Waals surface area contributed by atoms with Crippen molar-refractivity contribution < 1.29 is 22.3 Å². The maximum atomic E-state index is 12.8. The van der Waals surface area contributed by atoms with Gasteiger partial charge in [0.25, 0.3) is 5.91 Å². The lowest BCUT2D eigenvalue weighted by Gasteiger charge is -2.13. The molecule has 0 aliphatic heterocycles. The van der Waals surface area contributed by atoms with E-state index in [1.807, 2.05) is 29.6 Å². The van der Waals surface area contributed by atoms with E-state index in [0.717, 1.165) is 10.4 Å². The van der Waals surface area contributed by atoms with Crippen LogP contribution in [-0.4, -0.2) is 32.5 Å². The predicted molar refractivity (Wildman–Crippen MR) is 135 cm³/mol. The number of sulfone groups is 1. The SMILES string of the molecule is CCS(=O)(=O)CCC(O[P+](C)=O)c1ccc(C(=O)Nc2cc(-c3cccs3)ccc2N)cc1. The zero-order valence-electron chi connectivity index (χ0n) is 18.4. The number of carbonyl (C=O) groups excluding carboxylic acids is 1. The van der Waals surface area contributed by atoms with E-state index < -0.39 is 24.0 Å². The molecule has 3 rings (SSSR count). The van der Waals surface area contributed by atoms with Crippen molar-refractivity contribution in [2.75, 3.05) is 29.2 Å². The summed E-state index contributed by atoms with van der Waals surface area (Å²) in [5.74, 6) is -0.364. The summed E-state index contributed by atoms with van der Waals surface area (Å²) in [4.78, 5) is 13.9. The van der Waals surface area contributed by atoms with Crippen LogP contribution in [0.3, 0.4) is 0 Å². The first-order chi connectivity index (χ1) is 15.7. The van der Waals surface area contributed by atoms with Crippen LogP contribution in [0, 0.1) is 0 Å². The zero-order chi connectivity index (χ0) is 24.0. The molecular weight excluding hydrogens is 479 g/mol. The van der Waals surface area contributed by atoms with E-state index in [1.165, 1.54) is 6.66 Å². The number of thiophene rings is 1. The molecule has 0 spiro atoms. The normalized spacial score (nSPS) is 12.8. The first-order valence-electron chi connectivity index (χ1n) is 10.3. The fraction of sp³-hybridized carbons (Fsp3) is 0.261. The molecule has 2 aromatic carbocycles. The number of anilines is 2. The molecule has 0 fully saturated rings. The number of benzene rings is 2. The van der Waals surface area contributed by atoms with Crippen molar-refractivity contribution in [2.45, 2.75) is 19.4 Å². The lowest BCUT2D eigenvalue weighted by molar-refractivity contribution is 0.102. The Kier molecular flexibility index (Phi) is 8.37. The highest BCUT2D eigenvalue weighted by Crippen LogP contribution is 2.33. The summed E-state index contributed by atoms with van der Waals surface area (Å²) in [6.45, 7) is 3.01. The van der Waals surface area contributed by atoms with Gasteiger partial charge < -0.3 is 11.1 Å². The molecule has 0 aliphatic carbocycles. The minimum Gasteiger partial charge on any atom is -0.397 e. The third-order valence-electron chi connectivity index (χ3n) is 5.06. The van der Waals surface area contributed by atoms with Crippen LogP contribution in [0.2, 0.25) is 0 Å². The van der Waals surface area contributed by atoms with Crippen molar-refractivity contribution >= 4 is 46.5 Å². The van der Waals surface area contributed by atoms with Gasteiger partial charge in [0.1, 0.15) is 15.9 Å². The quantitative estimate of drug-likeness (QED) is 0.278. The van der Waals surface area contributed by atoms with Crippen LogP contribution >= 0.6 is 19.4 Å². The third-order valence-corrected chi connectivity index (χ3v) is 8.27. The Bertz CT molecular complexity index is 1230. The highest BCUT2D eigenvalue weighted by atomic mass is 32.2. The molecule has 0 radical (unpaired) electrons. The Balaban J connectivity index is 1.75. The molecule has 0 aliphatic rings. The number of hydrogen-bond donors (Lipinski definition) is 2. The van der Waals surface area contributed by atoms with Crippen molar-refractivity contribution in [1.29, 1.82) is 0 Å². The van der Waals surface area contributed by atoms with Gasteiger partial charge in [-0.2, -0.15) is 0 Å². The van der Waals surface area contributed by atoms with Crippen molar-refractivity contribution in [3.05, 3.63) is 71.1 Å². The Morgan fingerprint density at radius 1 is 1.18 bits per heavy atom. The third kappa shape index (κ3) is 6.95. The smallest absolute Gasteiger partial charge is 0.397 e. The first-order valence-corrected chi connectivity index (χ1v) is 14.6. The summed E-state index contributed by atoms with van der Waals surface area (Å²) in [7, 11) is -5.12. The van der Waals surface area contributed by atoms with Crippen LogP contribution < -0.4 is 11.1 Å². The maximum absolute atomic E-state index is 12.8. The van der Waals surface area contributed by atoms with Gasteiger partial charge in [-0.25, -0.2) is 8.42 Å².